The number of fused-ring (bicyclic) bond motifs is 12. The summed E-state index contributed by atoms with van der Waals surface area (Å²) in [4.78, 5) is 14.5. The summed E-state index contributed by atoms with van der Waals surface area (Å²) in [7, 11) is 0. The molecule has 88 heavy (non-hydrogen) atoms. The second kappa shape index (κ2) is 18.8. The lowest BCUT2D eigenvalue weighted by molar-refractivity contribution is 0.660. The van der Waals surface area contributed by atoms with Crippen LogP contribution in [0.15, 0.2) is 279 Å². The molecule has 18 rings (SSSR count). The van der Waals surface area contributed by atoms with Gasteiger partial charge >= 0.3 is 0 Å². The predicted octanol–water partition coefficient (Wildman–Crippen LogP) is 22.6. The average molecular weight is 1120 g/mol. The van der Waals surface area contributed by atoms with Gasteiger partial charge in [-0.2, -0.15) is 0 Å². The number of hydrogen-bond acceptors (Lipinski definition) is 4. The van der Waals surface area contributed by atoms with Crippen LogP contribution in [0.4, 0.5) is 34.1 Å². The molecule has 14 aromatic rings. The second-order valence-corrected chi connectivity index (χ2v) is 25.3. The van der Waals surface area contributed by atoms with Crippen LogP contribution >= 0.6 is 0 Å². The van der Waals surface area contributed by atoms with Crippen molar-refractivity contribution in [3.8, 4) is 100 Å². The minimum absolute atomic E-state index is 0.126. The van der Waals surface area contributed by atoms with Crippen LogP contribution in [0, 0.1) is 0 Å². The summed E-state index contributed by atoms with van der Waals surface area (Å²) in [5, 5.41) is 5.12. The van der Waals surface area contributed by atoms with E-state index in [1.54, 1.807) is 0 Å². The Balaban J connectivity index is 0.702. The van der Waals surface area contributed by atoms with Crippen molar-refractivity contribution in [3.05, 3.63) is 302 Å². The lowest BCUT2D eigenvalue weighted by Gasteiger charge is -2.28. The smallest absolute Gasteiger partial charge is 0.0703 e. The first-order valence-electron chi connectivity index (χ1n) is 30.7. The van der Waals surface area contributed by atoms with Crippen molar-refractivity contribution in [2.24, 2.45) is 0 Å². The van der Waals surface area contributed by atoms with Gasteiger partial charge in [0.1, 0.15) is 0 Å². The standard InChI is InChI=1S/C84H58N4/c1-83(2)76-27-9-7-21-65(76)67-34-30-57(48-78(67)83)87(54-41-43-85-44-42-54)55-17-11-15-51(45-55)61-37-39-74-64-33-29-53(47-75(64)72-26-14-24-70(61)82(72)74)80-40-32-59(50-86-80)88(58-31-35-68-66-22-8-10-28-77(66)84(3,4)79(68)49-58)56-18-12-16-52(46-56)60-36-38-73-63-20-6-5-19-62(63)71-25-13-23-69(60)81(71)73/h5-50H,1-4H3. The summed E-state index contributed by atoms with van der Waals surface area (Å²) >= 11 is 0. The van der Waals surface area contributed by atoms with Gasteiger partial charge in [0.2, 0.25) is 0 Å². The van der Waals surface area contributed by atoms with E-state index >= 15 is 0 Å². The fourth-order valence-corrected chi connectivity index (χ4v) is 15.7. The van der Waals surface area contributed by atoms with Crippen LogP contribution in [0.1, 0.15) is 49.9 Å². The Morgan fingerprint density at radius 2 is 0.670 bits per heavy atom. The average Bonchev–Trinajstić information content (AvgIpc) is 1.80. The number of anilines is 6. The van der Waals surface area contributed by atoms with Gasteiger partial charge in [-0.1, -0.05) is 210 Å². The molecule has 4 heteroatoms. The number of nitrogens with zero attached hydrogens (tertiary/aromatic N) is 4. The number of pyridine rings is 2. The van der Waals surface area contributed by atoms with E-state index in [0.29, 0.717) is 0 Å². The molecule has 0 radical (unpaired) electrons. The molecule has 2 heterocycles. The molecule has 0 unspecified atom stereocenters. The number of rotatable bonds is 9. The van der Waals surface area contributed by atoms with Crippen LogP contribution < -0.4 is 9.80 Å². The van der Waals surface area contributed by atoms with Crippen molar-refractivity contribution in [3.63, 3.8) is 0 Å². The highest BCUT2D eigenvalue weighted by atomic mass is 15.2. The highest BCUT2D eigenvalue weighted by Crippen LogP contribution is 2.55. The molecule has 414 valence electrons. The van der Waals surface area contributed by atoms with E-state index in [-0.39, 0.29) is 10.8 Å². The summed E-state index contributed by atoms with van der Waals surface area (Å²) in [5.41, 5.74) is 33.8. The summed E-state index contributed by atoms with van der Waals surface area (Å²) in [5.74, 6) is 0. The zero-order chi connectivity index (χ0) is 58.6. The third-order valence-electron chi connectivity index (χ3n) is 19.9. The van der Waals surface area contributed by atoms with Crippen LogP contribution in [0.5, 0.6) is 0 Å². The summed E-state index contributed by atoms with van der Waals surface area (Å²) in [6, 6.07) is 97.2. The predicted molar refractivity (Wildman–Crippen MR) is 367 cm³/mol. The Kier molecular flexibility index (Phi) is 10.8. The maximum absolute atomic E-state index is 5.35. The van der Waals surface area contributed by atoms with E-state index in [9.17, 15) is 0 Å². The fraction of sp³-hybridized carbons (Fsp3) is 0.0714. The Hall–Kier alpha value is -10.9. The number of aromatic nitrogens is 2. The van der Waals surface area contributed by atoms with E-state index in [0.717, 1.165) is 50.9 Å². The Bertz CT molecular complexity index is 5250. The lowest BCUT2D eigenvalue weighted by Crippen LogP contribution is -2.16. The monoisotopic (exact) mass is 1120 g/mol. The van der Waals surface area contributed by atoms with Gasteiger partial charge in [-0.05, 0) is 212 Å². The largest absolute Gasteiger partial charge is 0.310 e. The first kappa shape index (κ1) is 50.4. The van der Waals surface area contributed by atoms with Crippen molar-refractivity contribution in [1.29, 1.82) is 0 Å². The maximum Gasteiger partial charge on any atom is 0.0703 e. The third-order valence-corrected chi connectivity index (χ3v) is 19.9. The molecule has 12 aromatic carbocycles. The SMILES string of the molecule is CC1(C)c2ccccc2-c2ccc(N(c3ccncc3)c3cccc(-c4ccc5c6c(cccc46)-c4cc(-c6ccc(N(c7cccc(-c8ccc9c%10c(cccc8%10)-c8ccccc8-9)c7)c7ccc8c(c7)C(C)(C)c7ccccc7-8)cn6)ccc4-5)c3)cc21. The summed E-state index contributed by atoms with van der Waals surface area (Å²) < 4.78 is 0. The molecule has 0 amide bonds. The van der Waals surface area contributed by atoms with Gasteiger partial charge in [-0.25, -0.2) is 0 Å². The van der Waals surface area contributed by atoms with Crippen LogP contribution in [0.25, 0.3) is 122 Å². The lowest BCUT2D eigenvalue weighted by atomic mass is 9.82. The molecule has 0 N–H and O–H groups in total. The first-order valence-corrected chi connectivity index (χ1v) is 30.7. The minimum Gasteiger partial charge on any atom is -0.310 e. The molecule has 4 nitrogen and oxygen atoms in total. The van der Waals surface area contributed by atoms with E-state index in [1.165, 1.54) is 127 Å². The Morgan fingerprint density at radius 1 is 0.261 bits per heavy atom. The minimum atomic E-state index is -0.164. The molecule has 4 aliphatic carbocycles. The van der Waals surface area contributed by atoms with Gasteiger partial charge in [-0.3, -0.25) is 9.97 Å². The van der Waals surface area contributed by atoms with Gasteiger partial charge in [0.25, 0.3) is 0 Å². The summed E-state index contributed by atoms with van der Waals surface area (Å²) in [6.07, 6.45) is 5.83. The maximum atomic E-state index is 5.35. The zero-order valence-electron chi connectivity index (χ0n) is 49.3. The van der Waals surface area contributed by atoms with Crippen LogP contribution in [0.2, 0.25) is 0 Å². The van der Waals surface area contributed by atoms with Crippen LogP contribution in [-0.2, 0) is 10.8 Å². The molecule has 0 spiro atoms. The molecule has 2 aromatic heterocycles. The highest BCUT2D eigenvalue weighted by Gasteiger charge is 2.38. The molecular weight excluding hydrogens is 1060 g/mol. The molecule has 0 aliphatic heterocycles. The molecule has 4 aliphatic rings. The second-order valence-electron chi connectivity index (χ2n) is 25.3. The van der Waals surface area contributed by atoms with Crippen molar-refractivity contribution < 1.29 is 0 Å². The van der Waals surface area contributed by atoms with Crippen molar-refractivity contribution in [2.75, 3.05) is 9.80 Å². The zero-order valence-corrected chi connectivity index (χ0v) is 49.3. The number of hydrogen-bond donors (Lipinski definition) is 0. The quantitative estimate of drug-likeness (QED) is 0.144. The molecule has 0 atom stereocenters. The topological polar surface area (TPSA) is 32.3 Å². The van der Waals surface area contributed by atoms with Gasteiger partial charge < -0.3 is 9.80 Å². The van der Waals surface area contributed by atoms with Crippen LogP contribution in [-0.4, -0.2) is 9.97 Å². The Morgan fingerprint density at radius 3 is 1.22 bits per heavy atom. The first-order chi connectivity index (χ1) is 43.2. The van der Waals surface area contributed by atoms with E-state index < -0.39 is 0 Å². The van der Waals surface area contributed by atoms with Crippen molar-refractivity contribution in [2.45, 2.75) is 38.5 Å². The van der Waals surface area contributed by atoms with Crippen molar-refractivity contribution >= 4 is 55.7 Å². The molecule has 0 saturated heterocycles. The highest BCUT2D eigenvalue weighted by molar-refractivity contribution is 6.20. The van der Waals surface area contributed by atoms with E-state index in [4.69, 9.17) is 4.98 Å². The van der Waals surface area contributed by atoms with Crippen molar-refractivity contribution in [1.82, 2.24) is 9.97 Å². The Labute approximate surface area is 513 Å². The molecule has 0 fully saturated rings. The van der Waals surface area contributed by atoms with Gasteiger partial charge in [0, 0.05) is 57.2 Å². The van der Waals surface area contributed by atoms with Gasteiger partial charge in [-0.15, -0.1) is 0 Å². The molecule has 0 saturated carbocycles. The number of benzene rings is 12. The third kappa shape index (κ3) is 7.33. The van der Waals surface area contributed by atoms with E-state index in [1.807, 2.05) is 12.4 Å². The van der Waals surface area contributed by atoms with Crippen LogP contribution in [0.3, 0.4) is 0 Å². The summed E-state index contributed by atoms with van der Waals surface area (Å²) in [6.45, 7) is 9.42. The van der Waals surface area contributed by atoms with Gasteiger partial charge in [0.15, 0.2) is 0 Å². The molecular formula is C84H58N4. The normalized spacial score (nSPS) is 13.6. The van der Waals surface area contributed by atoms with E-state index in [2.05, 4.69) is 310 Å². The van der Waals surface area contributed by atoms with Gasteiger partial charge in [0.05, 0.1) is 17.6 Å². The molecule has 0 bridgehead atoms. The fourth-order valence-electron chi connectivity index (χ4n) is 15.7.